The third kappa shape index (κ3) is 2.25. The number of amides is 1. The molecule has 2 rings (SSSR count). The van der Waals surface area contributed by atoms with Crippen LogP contribution in [0.3, 0.4) is 0 Å². The lowest BCUT2D eigenvalue weighted by Gasteiger charge is -2.29. The first-order valence-electron chi connectivity index (χ1n) is 5.70. The summed E-state index contributed by atoms with van der Waals surface area (Å²) in [6.07, 6.45) is 0.981. The summed E-state index contributed by atoms with van der Waals surface area (Å²) in [6, 6.07) is 7.92. The van der Waals surface area contributed by atoms with Crippen molar-refractivity contribution in [3.8, 4) is 0 Å². The van der Waals surface area contributed by atoms with Crippen molar-refractivity contribution in [1.29, 1.82) is 0 Å². The van der Waals surface area contributed by atoms with Crippen LogP contribution in [0.4, 0.5) is 0 Å². The van der Waals surface area contributed by atoms with Gasteiger partial charge >= 0.3 is 0 Å². The molecule has 1 heterocycles. The Morgan fingerprint density at radius 1 is 1.31 bits per heavy atom. The first kappa shape index (κ1) is 11.1. The molecule has 0 aromatic heterocycles. The Morgan fingerprint density at radius 3 is 2.81 bits per heavy atom. The number of benzene rings is 1. The lowest BCUT2D eigenvalue weighted by molar-refractivity contribution is 0.0729. The lowest BCUT2D eigenvalue weighted by Crippen LogP contribution is -2.41. The van der Waals surface area contributed by atoms with Crippen molar-refractivity contribution in [3.05, 3.63) is 35.4 Å². The van der Waals surface area contributed by atoms with Crippen LogP contribution in [0.2, 0.25) is 0 Å². The first-order chi connectivity index (χ1) is 7.68. The van der Waals surface area contributed by atoms with Gasteiger partial charge in [-0.05, 0) is 32.1 Å². The van der Waals surface area contributed by atoms with Crippen molar-refractivity contribution in [2.24, 2.45) is 0 Å². The van der Waals surface area contributed by atoms with E-state index in [-0.39, 0.29) is 5.91 Å². The van der Waals surface area contributed by atoms with Crippen molar-refractivity contribution in [2.75, 3.05) is 33.7 Å². The topological polar surface area (TPSA) is 23.6 Å². The van der Waals surface area contributed by atoms with Crippen LogP contribution in [0.15, 0.2) is 24.3 Å². The van der Waals surface area contributed by atoms with E-state index in [2.05, 4.69) is 11.0 Å². The number of carbonyl (C=O) groups is 1. The molecule has 0 saturated heterocycles. The van der Waals surface area contributed by atoms with Gasteiger partial charge in [0.2, 0.25) is 0 Å². The number of hydrogen-bond donors (Lipinski definition) is 0. The zero-order chi connectivity index (χ0) is 11.5. The Morgan fingerprint density at radius 2 is 2.06 bits per heavy atom. The zero-order valence-electron chi connectivity index (χ0n) is 9.94. The minimum Gasteiger partial charge on any atom is -0.337 e. The van der Waals surface area contributed by atoms with E-state index in [1.165, 1.54) is 5.56 Å². The molecule has 3 heteroatoms. The largest absolute Gasteiger partial charge is 0.337 e. The highest BCUT2D eigenvalue weighted by molar-refractivity contribution is 5.96. The van der Waals surface area contributed by atoms with Crippen LogP contribution in [-0.2, 0) is 6.42 Å². The van der Waals surface area contributed by atoms with Gasteiger partial charge in [-0.1, -0.05) is 18.2 Å². The predicted molar refractivity (Wildman–Crippen MR) is 64.6 cm³/mol. The van der Waals surface area contributed by atoms with Gasteiger partial charge in [0.05, 0.1) is 0 Å². The van der Waals surface area contributed by atoms with Crippen molar-refractivity contribution in [1.82, 2.24) is 9.80 Å². The van der Waals surface area contributed by atoms with Crippen LogP contribution in [0.1, 0.15) is 15.9 Å². The lowest BCUT2D eigenvalue weighted by atomic mass is 9.99. The van der Waals surface area contributed by atoms with Crippen molar-refractivity contribution in [2.45, 2.75) is 6.42 Å². The second-order valence-corrected chi connectivity index (χ2v) is 4.50. The highest BCUT2D eigenvalue weighted by atomic mass is 16.2. The van der Waals surface area contributed by atoms with E-state index >= 15 is 0 Å². The van der Waals surface area contributed by atoms with Gasteiger partial charge in [0.15, 0.2) is 0 Å². The second kappa shape index (κ2) is 4.66. The van der Waals surface area contributed by atoms with Gasteiger partial charge in [-0.2, -0.15) is 0 Å². The summed E-state index contributed by atoms with van der Waals surface area (Å²) in [7, 11) is 4.06. The normalized spacial score (nSPS) is 15.4. The molecule has 0 spiro atoms. The Bertz CT molecular complexity index is 387. The van der Waals surface area contributed by atoms with E-state index in [1.54, 1.807) is 0 Å². The van der Waals surface area contributed by atoms with Crippen LogP contribution in [0.5, 0.6) is 0 Å². The molecule has 0 N–H and O–H groups in total. The Labute approximate surface area is 96.7 Å². The number of rotatable bonds is 3. The highest BCUT2D eigenvalue weighted by Crippen LogP contribution is 2.18. The molecule has 1 aromatic rings. The molecule has 16 heavy (non-hydrogen) atoms. The van der Waals surface area contributed by atoms with Gasteiger partial charge in [0, 0.05) is 25.2 Å². The molecular formula is C13H18N2O. The predicted octanol–water partition coefficient (Wildman–Crippen LogP) is 1.25. The van der Waals surface area contributed by atoms with E-state index in [4.69, 9.17) is 0 Å². The molecule has 0 aliphatic carbocycles. The maximum Gasteiger partial charge on any atom is 0.254 e. The van der Waals surface area contributed by atoms with Crippen molar-refractivity contribution in [3.63, 3.8) is 0 Å². The van der Waals surface area contributed by atoms with Gasteiger partial charge in [-0.15, -0.1) is 0 Å². The summed E-state index contributed by atoms with van der Waals surface area (Å²) < 4.78 is 0. The fourth-order valence-corrected chi connectivity index (χ4v) is 2.01. The molecule has 0 fully saturated rings. The van der Waals surface area contributed by atoms with E-state index in [9.17, 15) is 4.79 Å². The first-order valence-corrected chi connectivity index (χ1v) is 5.70. The maximum atomic E-state index is 12.1. The third-order valence-corrected chi connectivity index (χ3v) is 3.00. The number of carbonyl (C=O) groups excluding carboxylic acids is 1. The molecular weight excluding hydrogens is 200 g/mol. The van der Waals surface area contributed by atoms with Crippen LogP contribution in [-0.4, -0.2) is 49.4 Å². The minimum atomic E-state index is 0.184. The molecule has 0 atom stereocenters. The summed E-state index contributed by atoms with van der Waals surface area (Å²) >= 11 is 0. The van der Waals surface area contributed by atoms with Gasteiger partial charge < -0.3 is 9.80 Å². The minimum absolute atomic E-state index is 0.184. The number of nitrogens with zero attached hydrogens (tertiary/aromatic N) is 2. The SMILES string of the molecule is CN(C)CCN1CCc2ccccc2C1=O. The molecule has 86 valence electrons. The standard InChI is InChI=1S/C13H18N2O/c1-14(2)9-10-15-8-7-11-5-3-4-6-12(11)13(15)16/h3-6H,7-10H2,1-2H3. The summed E-state index contributed by atoms with van der Waals surface area (Å²) in [5.41, 5.74) is 2.07. The molecule has 0 bridgehead atoms. The molecule has 1 amide bonds. The van der Waals surface area contributed by atoms with Crippen molar-refractivity contribution >= 4 is 5.91 Å². The van der Waals surface area contributed by atoms with Gasteiger partial charge in [-0.25, -0.2) is 0 Å². The Kier molecular flexibility index (Phi) is 3.25. The highest BCUT2D eigenvalue weighted by Gasteiger charge is 2.23. The summed E-state index contributed by atoms with van der Waals surface area (Å²) in [4.78, 5) is 16.2. The average molecular weight is 218 g/mol. The van der Waals surface area contributed by atoms with Crippen LogP contribution in [0, 0.1) is 0 Å². The number of hydrogen-bond acceptors (Lipinski definition) is 2. The fraction of sp³-hybridized carbons (Fsp3) is 0.462. The van der Waals surface area contributed by atoms with Crippen LogP contribution < -0.4 is 0 Å². The Hall–Kier alpha value is -1.35. The smallest absolute Gasteiger partial charge is 0.254 e. The van der Waals surface area contributed by atoms with Gasteiger partial charge in [0.1, 0.15) is 0 Å². The molecule has 1 aliphatic rings. The van der Waals surface area contributed by atoms with Crippen LogP contribution >= 0.6 is 0 Å². The third-order valence-electron chi connectivity index (χ3n) is 3.00. The quantitative estimate of drug-likeness (QED) is 0.762. The average Bonchev–Trinajstić information content (AvgIpc) is 2.28. The van der Waals surface area contributed by atoms with E-state index in [0.717, 1.165) is 31.6 Å². The van der Waals surface area contributed by atoms with Gasteiger partial charge in [-0.3, -0.25) is 4.79 Å². The molecule has 0 saturated carbocycles. The second-order valence-electron chi connectivity index (χ2n) is 4.50. The zero-order valence-corrected chi connectivity index (χ0v) is 9.94. The van der Waals surface area contributed by atoms with Crippen LogP contribution in [0.25, 0.3) is 0 Å². The fourth-order valence-electron chi connectivity index (χ4n) is 2.01. The maximum absolute atomic E-state index is 12.1. The molecule has 0 unspecified atom stereocenters. The Balaban J connectivity index is 2.09. The summed E-state index contributed by atoms with van der Waals surface area (Å²) in [5, 5.41) is 0. The van der Waals surface area contributed by atoms with E-state index in [1.807, 2.05) is 37.2 Å². The molecule has 1 aliphatic heterocycles. The monoisotopic (exact) mass is 218 g/mol. The van der Waals surface area contributed by atoms with E-state index < -0.39 is 0 Å². The molecule has 0 radical (unpaired) electrons. The van der Waals surface area contributed by atoms with E-state index in [0.29, 0.717) is 0 Å². The summed E-state index contributed by atoms with van der Waals surface area (Å²) in [5.74, 6) is 0.184. The number of fused-ring (bicyclic) bond motifs is 1. The summed E-state index contributed by atoms with van der Waals surface area (Å²) in [6.45, 7) is 2.60. The van der Waals surface area contributed by atoms with Gasteiger partial charge in [0.25, 0.3) is 5.91 Å². The molecule has 3 nitrogen and oxygen atoms in total. The molecule has 1 aromatic carbocycles. The number of likely N-dealkylation sites (N-methyl/N-ethyl adjacent to an activating group) is 1. The van der Waals surface area contributed by atoms with Crippen molar-refractivity contribution < 1.29 is 4.79 Å².